The Hall–Kier alpha value is -3.05. The highest BCUT2D eigenvalue weighted by molar-refractivity contribution is 7.22. The molecule has 26 heavy (non-hydrogen) atoms. The number of ether oxygens (including phenoxy) is 3. The number of nitrogens with zero attached hydrogens (tertiary/aromatic N) is 2. The molecule has 2 heterocycles. The Balaban J connectivity index is 2.07. The van der Waals surface area contributed by atoms with E-state index < -0.39 is 0 Å². The van der Waals surface area contributed by atoms with Gasteiger partial charge in [-0.1, -0.05) is 0 Å². The lowest BCUT2D eigenvalue weighted by molar-refractivity contribution is 0.324. The molecule has 3 rings (SSSR count). The van der Waals surface area contributed by atoms with Crippen molar-refractivity contribution in [3.8, 4) is 17.2 Å². The largest absolute Gasteiger partial charge is 0.493 e. The van der Waals surface area contributed by atoms with Gasteiger partial charge in [0, 0.05) is 6.42 Å². The lowest BCUT2D eigenvalue weighted by atomic mass is 10.1. The summed E-state index contributed by atoms with van der Waals surface area (Å²) in [6, 6.07) is 3.63. The molecule has 134 valence electrons. The van der Waals surface area contributed by atoms with E-state index in [1.165, 1.54) is 11.3 Å². The minimum atomic E-state index is -0.235. The summed E-state index contributed by atoms with van der Waals surface area (Å²) in [6.45, 7) is 8.97. The van der Waals surface area contributed by atoms with E-state index in [1.54, 1.807) is 28.3 Å². The second-order valence-corrected chi connectivity index (χ2v) is 6.52. The van der Waals surface area contributed by atoms with Crippen LogP contribution in [0.2, 0.25) is 0 Å². The number of thiophene rings is 1. The number of nitrogens with one attached hydrogen (secondary N) is 1. The van der Waals surface area contributed by atoms with Crippen molar-refractivity contribution < 1.29 is 14.2 Å². The number of fused-ring (bicyclic) bond motifs is 1. The van der Waals surface area contributed by atoms with Crippen LogP contribution in [0.25, 0.3) is 15.1 Å². The number of H-pyrrole nitrogens is 1. The van der Waals surface area contributed by atoms with Gasteiger partial charge in [0.1, 0.15) is 10.7 Å². The van der Waals surface area contributed by atoms with Crippen LogP contribution in [-0.2, 0) is 6.42 Å². The molecule has 1 N–H and O–H groups in total. The number of aryl methyl sites for hydroxylation is 1. The standard InChI is InChI=1S/C18H17N3O4S/c1-9-14-16(22)20-13(21-18(14)26-17(9)19-2)8-10-6-11(23-3)15(25-5)12(7-10)24-4/h6-7H,8H2,1,3-5H3,(H,20,21,22). The van der Waals surface area contributed by atoms with Crippen LogP contribution in [-0.4, -0.2) is 31.3 Å². The SMILES string of the molecule is [C-]#[N+]c1sc2nc(Cc3cc(OC)c(OC)c(OC)c3)[nH]c(=O)c2c1C. The second-order valence-electron chi connectivity index (χ2n) is 5.55. The summed E-state index contributed by atoms with van der Waals surface area (Å²) in [5.74, 6) is 2.08. The van der Waals surface area contributed by atoms with Crippen LogP contribution < -0.4 is 19.8 Å². The van der Waals surface area contributed by atoms with E-state index in [0.29, 0.717) is 50.3 Å². The van der Waals surface area contributed by atoms with Crippen LogP contribution in [0, 0.1) is 13.5 Å². The molecule has 0 bridgehead atoms. The number of hydrogen-bond donors (Lipinski definition) is 1. The van der Waals surface area contributed by atoms with Gasteiger partial charge in [-0.15, -0.1) is 11.3 Å². The first-order chi connectivity index (χ1) is 12.5. The molecule has 0 fully saturated rings. The topological polar surface area (TPSA) is 77.8 Å². The number of benzene rings is 1. The molecule has 0 unspecified atom stereocenters. The third-order valence-corrected chi connectivity index (χ3v) is 5.10. The quantitative estimate of drug-likeness (QED) is 0.695. The van der Waals surface area contributed by atoms with Gasteiger partial charge >= 0.3 is 0 Å². The van der Waals surface area contributed by atoms with Gasteiger partial charge in [-0.3, -0.25) is 4.79 Å². The molecule has 3 aromatic rings. The fourth-order valence-electron chi connectivity index (χ4n) is 2.80. The van der Waals surface area contributed by atoms with Gasteiger partial charge in [0.15, 0.2) is 11.5 Å². The van der Waals surface area contributed by atoms with Crippen LogP contribution in [0.5, 0.6) is 17.2 Å². The van der Waals surface area contributed by atoms with Crippen LogP contribution in [0.4, 0.5) is 5.00 Å². The zero-order valence-corrected chi connectivity index (χ0v) is 15.6. The summed E-state index contributed by atoms with van der Waals surface area (Å²) in [4.78, 5) is 23.8. The summed E-state index contributed by atoms with van der Waals surface area (Å²) < 4.78 is 16.0. The van der Waals surface area contributed by atoms with Gasteiger partial charge in [0.05, 0.1) is 33.3 Å². The van der Waals surface area contributed by atoms with Crippen molar-refractivity contribution in [2.75, 3.05) is 21.3 Å². The maximum absolute atomic E-state index is 12.4. The zero-order chi connectivity index (χ0) is 18.8. The minimum Gasteiger partial charge on any atom is -0.493 e. The highest BCUT2D eigenvalue weighted by atomic mass is 32.1. The van der Waals surface area contributed by atoms with Gasteiger partial charge in [0.25, 0.3) is 5.56 Å². The minimum absolute atomic E-state index is 0.235. The molecule has 0 aliphatic rings. The Bertz CT molecular complexity index is 1050. The summed E-state index contributed by atoms with van der Waals surface area (Å²) in [6.07, 6.45) is 0.381. The maximum Gasteiger partial charge on any atom is 0.258 e. The second kappa shape index (κ2) is 7.06. The molecule has 1 aromatic carbocycles. The molecule has 0 spiro atoms. The Morgan fingerprint density at radius 3 is 2.38 bits per heavy atom. The Kier molecular flexibility index (Phi) is 4.82. The molecule has 8 heteroatoms. The van der Waals surface area contributed by atoms with Gasteiger partial charge in [-0.25, -0.2) is 9.83 Å². The molecule has 0 aliphatic carbocycles. The van der Waals surface area contributed by atoms with E-state index in [-0.39, 0.29) is 5.56 Å². The molecule has 0 atom stereocenters. The predicted octanol–water partition coefficient (Wildman–Crippen LogP) is 3.46. The zero-order valence-electron chi connectivity index (χ0n) is 14.8. The highest BCUT2D eigenvalue weighted by Gasteiger charge is 2.16. The van der Waals surface area contributed by atoms with Crippen molar-refractivity contribution in [1.29, 1.82) is 0 Å². The van der Waals surface area contributed by atoms with E-state index in [0.717, 1.165) is 5.56 Å². The molecule has 0 radical (unpaired) electrons. The third kappa shape index (κ3) is 2.97. The average molecular weight is 371 g/mol. The monoisotopic (exact) mass is 371 g/mol. The molecule has 0 saturated carbocycles. The van der Waals surface area contributed by atoms with Crippen molar-refractivity contribution in [3.63, 3.8) is 0 Å². The fraction of sp³-hybridized carbons (Fsp3) is 0.278. The first-order valence-corrected chi connectivity index (χ1v) is 8.52. The Labute approximate surface area is 154 Å². The maximum atomic E-state index is 12.4. The predicted molar refractivity (Wildman–Crippen MR) is 100 cm³/mol. The van der Waals surface area contributed by atoms with Crippen molar-refractivity contribution in [2.24, 2.45) is 0 Å². The first kappa shape index (κ1) is 17.8. The van der Waals surface area contributed by atoms with Crippen LogP contribution in [0.1, 0.15) is 17.0 Å². The Morgan fingerprint density at radius 2 is 1.85 bits per heavy atom. The number of aromatic nitrogens is 2. The summed E-state index contributed by atoms with van der Waals surface area (Å²) in [5, 5.41) is 0.970. The molecular weight excluding hydrogens is 354 g/mol. The van der Waals surface area contributed by atoms with E-state index in [9.17, 15) is 4.79 Å². The molecule has 0 aliphatic heterocycles. The smallest absolute Gasteiger partial charge is 0.258 e. The lowest BCUT2D eigenvalue weighted by Gasteiger charge is -2.14. The van der Waals surface area contributed by atoms with Crippen LogP contribution >= 0.6 is 11.3 Å². The summed E-state index contributed by atoms with van der Waals surface area (Å²) in [5.41, 5.74) is 1.29. The molecule has 0 amide bonds. The van der Waals surface area contributed by atoms with Crippen LogP contribution in [0.15, 0.2) is 16.9 Å². The third-order valence-electron chi connectivity index (χ3n) is 4.02. The van der Waals surface area contributed by atoms with E-state index >= 15 is 0 Å². The average Bonchev–Trinajstić information content (AvgIpc) is 2.96. The molecular formula is C18H17N3O4S. The van der Waals surface area contributed by atoms with Gasteiger partial charge in [-0.05, 0) is 30.2 Å². The van der Waals surface area contributed by atoms with E-state index in [1.807, 2.05) is 12.1 Å². The van der Waals surface area contributed by atoms with Crippen molar-refractivity contribution >= 4 is 26.6 Å². The summed E-state index contributed by atoms with van der Waals surface area (Å²) >= 11 is 1.23. The normalized spacial score (nSPS) is 10.6. The molecule has 0 saturated heterocycles. The van der Waals surface area contributed by atoms with E-state index in [4.69, 9.17) is 20.8 Å². The number of aromatic amines is 1. The van der Waals surface area contributed by atoms with E-state index in [2.05, 4.69) is 14.8 Å². The number of hydrogen-bond acceptors (Lipinski definition) is 6. The highest BCUT2D eigenvalue weighted by Crippen LogP contribution is 2.39. The Morgan fingerprint density at radius 1 is 1.19 bits per heavy atom. The molecule has 2 aromatic heterocycles. The number of methoxy groups -OCH3 is 3. The molecule has 7 nitrogen and oxygen atoms in total. The summed E-state index contributed by atoms with van der Waals surface area (Å²) in [7, 11) is 4.64. The van der Waals surface area contributed by atoms with Gasteiger partial charge < -0.3 is 19.2 Å². The fourth-order valence-corrected chi connectivity index (χ4v) is 3.79. The first-order valence-electron chi connectivity index (χ1n) is 7.71. The van der Waals surface area contributed by atoms with Crippen molar-refractivity contribution in [2.45, 2.75) is 13.3 Å². The van der Waals surface area contributed by atoms with Gasteiger partial charge in [0.2, 0.25) is 10.8 Å². The van der Waals surface area contributed by atoms with Crippen molar-refractivity contribution in [3.05, 3.63) is 50.9 Å². The van der Waals surface area contributed by atoms with Crippen molar-refractivity contribution in [1.82, 2.24) is 9.97 Å². The van der Waals surface area contributed by atoms with Crippen LogP contribution in [0.3, 0.4) is 0 Å². The lowest BCUT2D eigenvalue weighted by Crippen LogP contribution is -2.12. The number of rotatable bonds is 5. The van der Waals surface area contributed by atoms with Gasteiger partial charge in [-0.2, -0.15) is 0 Å².